The zero-order valence-corrected chi connectivity index (χ0v) is 11.6. The van der Waals surface area contributed by atoms with Gasteiger partial charge >= 0.3 is 5.97 Å². The van der Waals surface area contributed by atoms with Gasteiger partial charge in [0, 0.05) is 24.2 Å². The molecular formula is C13H23NO3. The lowest BCUT2D eigenvalue weighted by molar-refractivity contribution is -0.141. The van der Waals surface area contributed by atoms with Gasteiger partial charge in [0.1, 0.15) is 0 Å². The van der Waals surface area contributed by atoms with Crippen LogP contribution in [0, 0.1) is 0 Å². The molecule has 0 atom stereocenters. The summed E-state index contributed by atoms with van der Waals surface area (Å²) in [7, 11) is 0. The maximum atomic E-state index is 11.8. The lowest BCUT2D eigenvalue weighted by atomic mass is 10.2. The minimum atomic E-state index is -0.485. The van der Waals surface area contributed by atoms with Crippen molar-refractivity contribution in [1.29, 1.82) is 0 Å². The zero-order valence-electron chi connectivity index (χ0n) is 11.6. The molecule has 0 rings (SSSR count). The first-order chi connectivity index (χ1) is 7.75. The molecule has 0 N–H and O–H groups in total. The average Bonchev–Trinajstić information content (AvgIpc) is 2.12. The molecule has 4 heteroatoms. The van der Waals surface area contributed by atoms with Crippen LogP contribution in [-0.4, -0.2) is 35.0 Å². The highest BCUT2D eigenvalue weighted by Crippen LogP contribution is 2.06. The van der Waals surface area contributed by atoms with E-state index in [1.54, 1.807) is 18.7 Å². The fourth-order valence-corrected chi connectivity index (χ4v) is 1.60. The zero-order chi connectivity index (χ0) is 13.6. The third-order valence-electron chi connectivity index (χ3n) is 2.08. The molecule has 0 bridgehead atoms. The predicted molar refractivity (Wildman–Crippen MR) is 67.5 cm³/mol. The Hall–Kier alpha value is -1.32. The normalized spacial score (nSPS) is 11.6. The molecular weight excluding hydrogens is 218 g/mol. The molecule has 0 aliphatic carbocycles. The molecule has 0 heterocycles. The highest BCUT2D eigenvalue weighted by molar-refractivity contribution is 5.94. The summed E-state index contributed by atoms with van der Waals surface area (Å²) in [4.78, 5) is 24.8. The molecule has 98 valence electrons. The first-order valence-corrected chi connectivity index (χ1v) is 5.96. The first kappa shape index (κ1) is 15.7. The van der Waals surface area contributed by atoms with Gasteiger partial charge in [-0.05, 0) is 41.5 Å². The Labute approximate surface area is 104 Å². The molecule has 4 nitrogen and oxygen atoms in total. The SMILES string of the molecule is CC(C)OC(=O)/C=C/C(=O)N(C(C)C)C(C)C. The first-order valence-electron chi connectivity index (χ1n) is 5.96. The highest BCUT2D eigenvalue weighted by atomic mass is 16.5. The van der Waals surface area contributed by atoms with Gasteiger partial charge in [0.2, 0.25) is 5.91 Å². The summed E-state index contributed by atoms with van der Waals surface area (Å²) in [6.45, 7) is 11.3. The molecule has 0 aromatic rings. The largest absolute Gasteiger partial charge is 0.460 e. The van der Waals surface area contributed by atoms with Gasteiger partial charge in [-0.3, -0.25) is 4.79 Å². The van der Waals surface area contributed by atoms with Crippen LogP contribution < -0.4 is 0 Å². The third-order valence-corrected chi connectivity index (χ3v) is 2.08. The van der Waals surface area contributed by atoms with E-state index >= 15 is 0 Å². The van der Waals surface area contributed by atoms with Crippen molar-refractivity contribution >= 4 is 11.9 Å². The van der Waals surface area contributed by atoms with E-state index in [-0.39, 0.29) is 24.1 Å². The predicted octanol–water partition coefficient (Wildman–Crippen LogP) is 2.14. The highest BCUT2D eigenvalue weighted by Gasteiger charge is 2.17. The van der Waals surface area contributed by atoms with Gasteiger partial charge < -0.3 is 9.64 Å². The number of amides is 1. The maximum absolute atomic E-state index is 11.8. The standard InChI is InChI=1S/C13H23NO3/c1-9(2)14(10(3)4)12(15)7-8-13(16)17-11(5)6/h7-11H,1-6H3/b8-7+. The summed E-state index contributed by atoms with van der Waals surface area (Å²) < 4.78 is 4.90. The van der Waals surface area contributed by atoms with Crippen LogP contribution in [0.1, 0.15) is 41.5 Å². The van der Waals surface area contributed by atoms with Crippen LogP contribution in [-0.2, 0) is 14.3 Å². The molecule has 0 aromatic heterocycles. The van der Waals surface area contributed by atoms with E-state index < -0.39 is 5.97 Å². The van der Waals surface area contributed by atoms with Crippen molar-refractivity contribution in [3.63, 3.8) is 0 Å². The van der Waals surface area contributed by atoms with Crippen molar-refractivity contribution in [1.82, 2.24) is 4.90 Å². The number of carbonyl (C=O) groups is 2. The van der Waals surface area contributed by atoms with Crippen LogP contribution in [0.2, 0.25) is 0 Å². The van der Waals surface area contributed by atoms with E-state index in [2.05, 4.69) is 0 Å². The average molecular weight is 241 g/mol. The number of nitrogens with zero attached hydrogens (tertiary/aromatic N) is 1. The minimum absolute atomic E-state index is 0.105. The Kier molecular flexibility index (Phi) is 6.54. The Bertz CT molecular complexity index is 285. The molecule has 0 aromatic carbocycles. The fraction of sp³-hybridized carbons (Fsp3) is 0.692. The van der Waals surface area contributed by atoms with E-state index in [1.807, 2.05) is 27.7 Å². The molecule has 0 radical (unpaired) electrons. The van der Waals surface area contributed by atoms with Crippen LogP contribution in [0.15, 0.2) is 12.2 Å². The molecule has 0 unspecified atom stereocenters. The van der Waals surface area contributed by atoms with Gasteiger partial charge in [0.05, 0.1) is 6.10 Å². The summed E-state index contributed by atoms with van der Waals surface area (Å²) in [6.07, 6.45) is 2.28. The lowest BCUT2D eigenvalue weighted by Crippen LogP contribution is -2.41. The molecule has 17 heavy (non-hydrogen) atoms. The van der Waals surface area contributed by atoms with Gasteiger partial charge in [-0.25, -0.2) is 4.79 Å². The van der Waals surface area contributed by atoms with Gasteiger partial charge in [-0.1, -0.05) is 0 Å². The van der Waals surface area contributed by atoms with Crippen molar-refractivity contribution in [2.75, 3.05) is 0 Å². The van der Waals surface area contributed by atoms with E-state index in [9.17, 15) is 9.59 Å². The van der Waals surface area contributed by atoms with Gasteiger partial charge in [-0.2, -0.15) is 0 Å². The molecule has 0 saturated carbocycles. The van der Waals surface area contributed by atoms with Crippen LogP contribution in [0.25, 0.3) is 0 Å². The summed E-state index contributed by atoms with van der Waals surface area (Å²) in [5.74, 6) is -0.656. The van der Waals surface area contributed by atoms with Crippen molar-refractivity contribution < 1.29 is 14.3 Å². The minimum Gasteiger partial charge on any atom is -0.460 e. The van der Waals surface area contributed by atoms with Crippen molar-refractivity contribution in [3.05, 3.63) is 12.2 Å². The summed E-state index contributed by atoms with van der Waals surface area (Å²) in [5.41, 5.74) is 0. The molecule has 0 fully saturated rings. The van der Waals surface area contributed by atoms with Gasteiger partial charge in [0.25, 0.3) is 0 Å². The smallest absolute Gasteiger partial charge is 0.331 e. The molecule has 0 saturated heterocycles. The topological polar surface area (TPSA) is 46.6 Å². The Morgan fingerprint density at radius 3 is 1.76 bits per heavy atom. The number of hydrogen-bond donors (Lipinski definition) is 0. The second kappa shape index (κ2) is 7.09. The second-order valence-corrected chi connectivity index (χ2v) is 4.75. The number of rotatable bonds is 5. The Balaban J connectivity index is 4.51. The number of carbonyl (C=O) groups excluding carboxylic acids is 2. The van der Waals surface area contributed by atoms with E-state index in [0.29, 0.717) is 0 Å². The fourth-order valence-electron chi connectivity index (χ4n) is 1.60. The Morgan fingerprint density at radius 1 is 0.941 bits per heavy atom. The van der Waals surface area contributed by atoms with E-state index in [4.69, 9.17) is 4.74 Å². The van der Waals surface area contributed by atoms with Crippen molar-refractivity contribution in [2.24, 2.45) is 0 Å². The number of hydrogen-bond acceptors (Lipinski definition) is 3. The van der Waals surface area contributed by atoms with Crippen LogP contribution in [0.3, 0.4) is 0 Å². The molecule has 0 aliphatic heterocycles. The molecule has 0 spiro atoms. The van der Waals surface area contributed by atoms with Crippen LogP contribution in [0.5, 0.6) is 0 Å². The Morgan fingerprint density at radius 2 is 1.41 bits per heavy atom. The van der Waals surface area contributed by atoms with Gasteiger partial charge in [-0.15, -0.1) is 0 Å². The van der Waals surface area contributed by atoms with E-state index in [1.165, 1.54) is 12.2 Å². The van der Waals surface area contributed by atoms with E-state index in [0.717, 1.165) is 0 Å². The van der Waals surface area contributed by atoms with Crippen LogP contribution in [0.4, 0.5) is 0 Å². The summed E-state index contributed by atoms with van der Waals surface area (Å²) in [6, 6.07) is 0.210. The summed E-state index contributed by atoms with van der Waals surface area (Å²) in [5, 5.41) is 0. The van der Waals surface area contributed by atoms with Crippen molar-refractivity contribution in [3.8, 4) is 0 Å². The maximum Gasteiger partial charge on any atom is 0.331 e. The quantitative estimate of drug-likeness (QED) is 0.547. The second-order valence-electron chi connectivity index (χ2n) is 4.75. The number of esters is 1. The summed E-state index contributed by atoms with van der Waals surface area (Å²) >= 11 is 0. The third kappa shape index (κ3) is 6.09. The van der Waals surface area contributed by atoms with Gasteiger partial charge in [0.15, 0.2) is 0 Å². The molecule has 1 amide bonds. The number of ether oxygens (including phenoxy) is 1. The van der Waals surface area contributed by atoms with Crippen molar-refractivity contribution in [2.45, 2.75) is 59.7 Å². The monoisotopic (exact) mass is 241 g/mol. The molecule has 0 aliphatic rings. The lowest BCUT2D eigenvalue weighted by Gasteiger charge is -2.29. The van der Waals surface area contributed by atoms with Crippen LogP contribution >= 0.6 is 0 Å².